The molecule has 1 N–H and O–H groups in total. The second kappa shape index (κ2) is 7.57. The van der Waals surface area contributed by atoms with Crippen LogP contribution in [-0.2, 0) is 10.0 Å². The fraction of sp³-hybridized carbons (Fsp3) is 0.200. The van der Waals surface area contributed by atoms with Gasteiger partial charge in [0.25, 0.3) is 0 Å². The summed E-state index contributed by atoms with van der Waals surface area (Å²) in [5, 5.41) is 9.93. The van der Waals surface area contributed by atoms with E-state index in [2.05, 4.69) is 4.98 Å². The van der Waals surface area contributed by atoms with E-state index in [-0.39, 0.29) is 15.8 Å². The summed E-state index contributed by atoms with van der Waals surface area (Å²) < 4.78 is 31.3. The third-order valence-corrected chi connectivity index (χ3v) is 6.06. The molecule has 0 unspecified atom stereocenters. The number of hydrogen-bond acceptors (Lipinski definition) is 5. The molecule has 0 saturated heterocycles. The number of aromatic carboxylic acids is 1. The number of fused-ring (bicyclic) bond motifs is 1. The number of pyridine rings is 1. The molecule has 3 aromatic rings. The molecule has 2 aromatic carbocycles. The molecule has 1 aromatic heterocycles. The molecule has 0 bridgehead atoms. The zero-order valence-electron chi connectivity index (χ0n) is 15.7. The van der Waals surface area contributed by atoms with Crippen LogP contribution in [0.25, 0.3) is 22.2 Å². The molecule has 0 aliphatic carbocycles. The normalized spacial score (nSPS) is 11.7. The van der Waals surface area contributed by atoms with Gasteiger partial charge in [-0.25, -0.2) is 22.5 Å². The van der Waals surface area contributed by atoms with Crippen LogP contribution in [0.4, 0.5) is 0 Å². The largest absolute Gasteiger partial charge is 0.494 e. The van der Waals surface area contributed by atoms with E-state index in [1.54, 1.807) is 24.3 Å². The smallest absolute Gasteiger partial charge is 0.336 e. The molecule has 0 aliphatic rings. The van der Waals surface area contributed by atoms with Crippen LogP contribution in [0.2, 0.25) is 0 Å². The molecule has 0 spiro atoms. The Labute approximate surface area is 163 Å². The minimum Gasteiger partial charge on any atom is -0.494 e. The summed E-state index contributed by atoms with van der Waals surface area (Å²) in [5.41, 5.74) is 1.61. The SMILES string of the molecule is CCOc1ccc(-c2cc(C(=O)O)c3cc(S(=O)(=O)N(C)C)ccc3n2)cc1. The lowest BCUT2D eigenvalue weighted by Crippen LogP contribution is -2.22. The first-order chi connectivity index (χ1) is 13.2. The first-order valence-electron chi connectivity index (χ1n) is 8.58. The van der Waals surface area contributed by atoms with E-state index in [4.69, 9.17) is 4.74 Å². The predicted octanol–water partition coefficient (Wildman–Crippen LogP) is 3.25. The summed E-state index contributed by atoms with van der Waals surface area (Å²) in [6.07, 6.45) is 0. The molecule has 8 heteroatoms. The number of carboxylic acid groups (broad SMARTS) is 1. The molecule has 3 rings (SSSR count). The maximum Gasteiger partial charge on any atom is 0.336 e. The minimum absolute atomic E-state index is 0.00955. The third-order valence-electron chi connectivity index (χ3n) is 4.25. The molecule has 0 atom stereocenters. The lowest BCUT2D eigenvalue weighted by molar-refractivity contribution is 0.0699. The number of hydrogen-bond donors (Lipinski definition) is 1. The number of nitrogens with zero attached hydrogens (tertiary/aromatic N) is 2. The maximum atomic E-state index is 12.4. The number of carbonyl (C=O) groups is 1. The van der Waals surface area contributed by atoms with E-state index in [0.29, 0.717) is 23.6 Å². The van der Waals surface area contributed by atoms with Gasteiger partial charge in [-0.1, -0.05) is 0 Å². The number of carboxylic acids is 1. The van der Waals surface area contributed by atoms with E-state index in [9.17, 15) is 18.3 Å². The lowest BCUT2D eigenvalue weighted by Gasteiger charge is -2.13. The molecule has 0 radical (unpaired) electrons. The lowest BCUT2D eigenvalue weighted by atomic mass is 10.0. The van der Waals surface area contributed by atoms with Gasteiger partial charge in [0.2, 0.25) is 10.0 Å². The van der Waals surface area contributed by atoms with Gasteiger partial charge in [-0.2, -0.15) is 0 Å². The number of benzene rings is 2. The van der Waals surface area contributed by atoms with Crippen molar-refractivity contribution in [2.75, 3.05) is 20.7 Å². The number of ether oxygens (including phenoxy) is 1. The molecule has 1 heterocycles. The average Bonchev–Trinajstić information content (AvgIpc) is 2.67. The molecular weight excluding hydrogens is 380 g/mol. The quantitative estimate of drug-likeness (QED) is 0.682. The molecule has 28 heavy (non-hydrogen) atoms. The molecule has 7 nitrogen and oxygen atoms in total. The average molecular weight is 400 g/mol. The third kappa shape index (κ3) is 3.69. The van der Waals surface area contributed by atoms with Crippen LogP contribution in [0.1, 0.15) is 17.3 Å². The van der Waals surface area contributed by atoms with Gasteiger partial charge >= 0.3 is 5.97 Å². The second-order valence-corrected chi connectivity index (χ2v) is 8.44. The van der Waals surface area contributed by atoms with Crippen molar-refractivity contribution in [1.29, 1.82) is 0 Å². The van der Waals surface area contributed by atoms with Crippen molar-refractivity contribution in [3.8, 4) is 17.0 Å². The van der Waals surface area contributed by atoms with Crippen molar-refractivity contribution in [3.63, 3.8) is 0 Å². The van der Waals surface area contributed by atoms with Crippen LogP contribution >= 0.6 is 0 Å². The topological polar surface area (TPSA) is 96.8 Å². The van der Waals surface area contributed by atoms with Crippen LogP contribution in [0, 0.1) is 0 Å². The number of rotatable bonds is 6. The van der Waals surface area contributed by atoms with Gasteiger partial charge in [-0.3, -0.25) is 0 Å². The van der Waals surface area contributed by atoms with Gasteiger partial charge in [0.05, 0.1) is 28.3 Å². The van der Waals surface area contributed by atoms with E-state index in [1.807, 2.05) is 6.92 Å². The summed E-state index contributed by atoms with van der Waals surface area (Å²) in [4.78, 5) is 16.4. The highest BCUT2D eigenvalue weighted by Crippen LogP contribution is 2.28. The van der Waals surface area contributed by atoms with Gasteiger partial charge in [-0.05, 0) is 55.5 Å². The Morgan fingerprint density at radius 1 is 1.11 bits per heavy atom. The number of sulfonamides is 1. The summed E-state index contributed by atoms with van der Waals surface area (Å²) in [6, 6.07) is 12.9. The standard InChI is InChI=1S/C20H20N2O5S/c1-4-27-14-7-5-13(6-8-14)19-12-17(20(23)24)16-11-15(9-10-18(16)21-19)28(25,26)22(2)3/h5-12H,4H2,1-3H3,(H,23,24). The summed E-state index contributed by atoms with van der Waals surface area (Å²) in [5.74, 6) is -0.442. The highest BCUT2D eigenvalue weighted by atomic mass is 32.2. The Morgan fingerprint density at radius 2 is 1.79 bits per heavy atom. The van der Waals surface area contributed by atoms with Gasteiger partial charge in [0.1, 0.15) is 5.75 Å². The van der Waals surface area contributed by atoms with Crippen LogP contribution in [0.5, 0.6) is 5.75 Å². The first-order valence-corrected chi connectivity index (χ1v) is 10.0. The van der Waals surface area contributed by atoms with E-state index in [1.165, 1.54) is 38.4 Å². The molecular formula is C20H20N2O5S. The molecule has 0 amide bonds. The van der Waals surface area contributed by atoms with E-state index < -0.39 is 16.0 Å². The Morgan fingerprint density at radius 3 is 2.36 bits per heavy atom. The van der Waals surface area contributed by atoms with Gasteiger partial charge in [-0.15, -0.1) is 0 Å². The van der Waals surface area contributed by atoms with Crippen LogP contribution in [-0.4, -0.2) is 49.5 Å². The Kier molecular flexibility index (Phi) is 5.35. The number of aromatic nitrogens is 1. The Hall–Kier alpha value is -2.97. The Balaban J connectivity index is 2.17. The summed E-state index contributed by atoms with van der Waals surface area (Å²) in [6.45, 7) is 2.44. The summed E-state index contributed by atoms with van der Waals surface area (Å²) in [7, 11) is -0.842. The van der Waals surface area contributed by atoms with Gasteiger partial charge in [0, 0.05) is 25.0 Å². The molecule has 0 aliphatic heterocycles. The fourth-order valence-electron chi connectivity index (χ4n) is 2.79. The zero-order valence-corrected chi connectivity index (χ0v) is 16.5. The Bertz CT molecular complexity index is 1140. The minimum atomic E-state index is -3.68. The van der Waals surface area contributed by atoms with Crippen LogP contribution < -0.4 is 4.74 Å². The fourth-order valence-corrected chi connectivity index (χ4v) is 3.72. The van der Waals surface area contributed by atoms with Crippen molar-refractivity contribution in [1.82, 2.24) is 9.29 Å². The molecule has 0 saturated carbocycles. The molecule has 0 fully saturated rings. The van der Waals surface area contributed by atoms with Crippen LogP contribution in [0.15, 0.2) is 53.4 Å². The first kappa shape index (κ1) is 19.8. The van der Waals surface area contributed by atoms with Crippen molar-refractivity contribution in [2.24, 2.45) is 0 Å². The highest BCUT2D eigenvalue weighted by molar-refractivity contribution is 7.89. The monoisotopic (exact) mass is 400 g/mol. The summed E-state index contributed by atoms with van der Waals surface area (Å²) >= 11 is 0. The highest BCUT2D eigenvalue weighted by Gasteiger charge is 2.20. The second-order valence-electron chi connectivity index (χ2n) is 6.28. The van der Waals surface area contributed by atoms with Crippen molar-refractivity contribution >= 4 is 26.9 Å². The van der Waals surface area contributed by atoms with E-state index >= 15 is 0 Å². The predicted molar refractivity (Wildman–Crippen MR) is 106 cm³/mol. The van der Waals surface area contributed by atoms with Crippen molar-refractivity contribution < 1.29 is 23.1 Å². The van der Waals surface area contributed by atoms with Crippen LogP contribution in [0.3, 0.4) is 0 Å². The zero-order chi connectivity index (χ0) is 20.5. The van der Waals surface area contributed by atoms with Crippen molar-refractivity contribution in [2.45, 2.75) is 11.8 Å². The van der Waals surface area contributed by atoms with E-state index in [0.717, 1.165) is 9.87 Å². The molecule has 146 valence electrons. The maximum absolute atomic E-state index is 12.4. The van der Waals surface area contributed by atoms with Crippen molar-refractivity contribution in [3.05, 3.63) is 54.1 Å². The van der Waals surface area contributed by atoms with Gasteiger partial charge < -0.3 is 9.84 Å². The van der Waals surface area contributed by atoms with Gasteiger partial charge in [0.15, 0.2) is 0 Å².